The number of hydrogen-bond donors (Lipinski definition) is 2. The van der Waals surface area contributed by atoms with E-state index in [1.165, 1.54) is 38.5 Å². The summed E-state index contributed by atoms with van der Waals surface area (Å²) in [7, 11) is 2.04. The molecule has 1 atom stereocenters. The topological polar surface area (TPSA) is 24.1 Å². The molecule has 0 aliphatic heterocycles. The van der Waals surface area contributed by atoms with Gasteiger partial charge in [0.15, 0.2) is 0 Å². The van der Waals surface area contributed by atoms with Gasteiger partial charge >= 0.3 is 0 Å². The molecule has 0 bridgehead atoms. The first-order valence-corrected chi connectivity index (χ1v) is 5.77. The fourth-order valence-corrected chi connectivity index (χ4v) is 1.66. The van der Waals surface area contributed by atoms with Gasteiger partial charge in [-0.2, -0.15) is 0 Å². The summed E-state index contributed by atoms with van der Waals surface area (Å²) in [6.45, 7) is 3.42. The van der Waals surface area contributed by atoms with E-state index < -0.39 is 0 Å². The van der Waals surface area contributed by atoms with Gasteiger partial charge in [-0.05, 0) is 39.3 Å². The number of rotatable bonds is 8. The highest BCUT2D eigenvalue weighted by Gasteiger charge is 2.23. The minimum Gasteiger partial charge on any atom is -0.320 e. The lowest BCUT2D eigenvalue weighted by molar-refractivity contribution is 0.431. The van der Waals surface area contributed by atoms with Crippen LogP contribution in [0.4, 0.5) is 0 Å². The molecule has 2 N–H and O–H groups in total. The van der Waals surface area contributed by atoms with Crippen LogP contribution in [0.2, 0.25) is 0 Å². The minimum atomic E-state index is 0.764. The van der Waals surface area contributed by atoms with Gasteiger partial charge in [0.05, 0.1) is 0 Å². The monoisotopic (exact) mass is 184 g/mol. The van der Waals surface area contributed by atoms with Crippen molar-refractivity contribution >= 4 is 0 Å². The van der Waals surface area contributed by atoms with E-state index in [-0.39, 0.29) is 0 Å². The Labute approximate surface area is 82.5 Å². The predicted molar refractivity (Wildman–Crippen MR) is 58.0 cm³/mol. The highest BCUT2D eigenvalue weighted by atomic mass is 15.0. The lowest BCUT2D eigenvalue weighted by Crippen LogP contribution is -2.33. The highest BCUT2D eigenvalue weighted by Crippen LogP contribution is 2.21. The second-order valence-electron chi connectivity index (χ2n) is 4.17. The van der Waals surface area contributed by atoms with Crippen LogP contribution in [0.25, 0.3) is 0 Å². The third-order valence-corrected chi connectivity index (χ3v) is 2.70. The van der Waals surface area contributed by atoms with Gasteiger partial charge in [-0.15, -0.1) is 0 Å². The van der Waals surface area contributed by atoms with E-state index in [0.717, 1.165) is 18.6 Å². The van der Waals surface area contributed by atoms with Crippen LogP contribution >= 0.6 is 0 Å². The molecule has 0 spiro atoms. The van der Waals surface area contributed by atoms with Crippen LogP contribution in [0.3, 0.4) is 0 Å². The molecule has 0 aromatic carbocycles. The molecule has 13 heavy (non-hydrogen) atoms. The third kappa shape index (κ3) is 5.27. The van der Waals surface area contributed by atoms with Crippen molar-refractivity contribution in [3.63, 3.8) is 0 Å². The molecular formula is C11H24N2. The zero-order valence-electron chi connectivity index (χ0n) is 9.10. The Morgan fingerprint density at radius 1 is 1.31 bits per heavy atom. The highest BCUT2D eigenvalue weighted by molar-refractivity contribution is 4.84. The summed E-state index contributed by atoms with van der Waals surface area (Å²) in [5, 5.41) is 6.95. The van der Waals surface area contributed by atoms with Crippen LogP contribution < -0.4 is 10.6 Å². The molecule has 0 aromatic rings. The summed E-state index contributed by atoms with van der Waals surface area (Å²) >= 11 is 0. The summed E-state index contributed by atoms with van der Waals surface area (Å²) in [6.07, 6.45) is 8.14. The maximum absolute atomic E-state index is 3.72. The largest absolute Gasteiger partial charge is 0.320 e. The van der Waals surface area contributed by atoms with Crippen LogP contribution in [-0.2, 0) is 0 Å². The molecule has 78 valence electrons. The summed E-state index contributed by atoms with van der Waals surface area (Å²) in [4.78, 5) is 0. The molecule has 1 aliphatic rings. The van der Waals surface area contributed by atoms with Crippen molar-refractivity contribution < 1.29 is 0 Å². The van der Waals surface area contributed by atoms with Crippen LogP contribution in [0.1, 0.15) is 45.4 Å². The van der Waals surface area contributed by atoms with Crippen LogP contribution in [0, 0.1) is 0 Å². The average Bonchev–Trinajstić information content (AvgIpc) is 2.93. The molecule has 0 amide bonds. The van der Waals surface area contributed by atoms with Gasteiger partial charge in [0.1, 0.15) is 0 Å². The first-order valence-electron chi connectivity index (χ1n) is 5.77. The molecule has 1 unspecified atom stereocenters. The zero-order chi connectivity index (χ0) is 9.52. The first-order chi connectivity index (χ1) is 6.36. The molecule has 2 heteroatoms. The van der Waals surface area contributed by atoms with Gasteiger partial charge < -0.3 is 10.6 Å². The Kier molecular flexibility index (Phi) is 5.40. The molecule has 1 rings (SSSR count). The second-order valence-corrected chi connectivity index (χ2v) is 4.17. The van der Waals surface area contributed by atoms with Gasteiger partial charge in [-0.3, -0.25) is 0 Å². The number of hydrogen-bond acceptors (Lipinski definition) is 2. The Morgan fingerprint density at radius 2 is 2.08 bits per heavy atom. The van der Waals surface area contributed by atoms with Crippen LogP contribution in [-0.4, -0.2) is 25.7 Å². The van der Waals surface area contributed by atoms with Gasteiger partial charge in [0, 0.05) is 12.1 Å². The molecule has 2 nitrogen and oxygen atoms in total. The third-order valence-electron chi connectivity index (χ3n) is 2.70. The van der Waals surface area contributed by atoms with Crippen LogP contribution in [0.5, 0.6) is 0 Å². The lowest BCUT2D eigenvalue weighted by Gasteiger charge is -2.17. The van der Waals surface area contributed by atoms with Crippen molar-refractivity contribution in [3.05, 3.63) is 0 Å². The SMILES string of the molecule is CCCCC(CCNC)NC1CC1. The van der Waals surface area contributed by atoms with Crippen molar-refractivity contribution in [2.45, 2.75) is 57.5 Å². The molecule has 1 fully saturated rings. The average molecular weight is 184 g/mol. The van der Waals surface area contributed by atoms with E-state index in [0.29, 0.717) is 0 Å². The van der Waals surface area contributed by atoms with E-state index in [1.807, 2.05) is 7.05 Å². The Balaban J connectivity index is 2.08. The van der Waals surface area contributed by atoms with E-state index >= 15 is 0 Å². The Morgan fingerprint density at radius 3 is 2.62 bits per heavy atom. The van der Waals surface area contributed by atoms with E-state index in [4.69, 9.17) is 0 Å². The summed E-state index contributed by atoms with van der Waals surface area (Å²) < 4.78 is 0. The quantitative estimate of drug-likeness (QED) is 0.602. The molecule has 0 saturated heterocycles. The zero-order valence-corrected chi connectivity index (χ0v) is 9.10. The van der Waals surface area contributed by atoms with Gasteiger partial charge in [-0.1, -0.05) is 19.8 Å². The lowest BCUT2D eigenvalue weighted by atomic mass is 10.1. The normalized spacial score (nSPS) is 18.9. The van der Waals surface area contributed by atoms with E-state index in [2.05, 4.69) is 17.6 Å². The van der Waals surface area contributed by atoms with Crippen molar-refractivity contribution in [3.8, 4) is 0 Å². The summed E-state index contributed by atoms with van der Waals surface area (Å²) in [6, 6.07) is 1.62. The maximum Gasteiger partial charge on any atom is 0.00817 e. The molecule has 1 saturated carbocycles. The first kappa shape index (κ1) is 11.0. The second kappa shape index (κ2) is 6.39. The molecule has 1 aliphatic carbocycles. The summed E-state index contributed by atoms with van der Waals surface area (Å²) in [5.41, 5.74) is 0. The molecule has 0 aromatic heterocycles. The maximum atomic E-state index is 3.72. The smallest absolute Gasteiger partial charge is 0.00817 e. The summed E-state index contributed by atoms with van der Waals surface area (Å²) in [5.74, 6) is 0. The van der Waals surface area contributed by atoms with E-state index in [1.54, 1.807) is 0 Å². The predicted octanol–water partition coefficient (Wildman–Crippen LogP) is 1.91. The fourth-order valence-electron chi connectivity index (χ4n) is 1.66. The molecule has 0 radical (unpaired) electrons. The van der Waals surface area contributed by atoms with Crippen molar-refractivity contribution in [2.75, 3.05) is 13.6 Å². The fraction of sp³-hybridized carbons (Fsp3) is 1.00. The number of nitrogens with one attached hydrogen (secondary N) is 2. The van der Waals surface area contributed by atoms with Crippen LogP contribution in [0.15, 0.2) is 0 Å². The van der Waals surface area contributed by atoms with Gasteiger partial charge in [-0.25, -0.2) is 0 Å². The Bertz CT molecular complexity index is 113. The standard InChI is InChI=1S/C11H24N2/c1-3-4-5-10(8-9-12-2)13-11-6-7-11/h10-13H,3-9H2,1-2H3. The Hall–Kier alpha value is -0.0800. The van der Waals surface area contributed by atoms with Crippen molar-refractivity contribution in [1.82, 2.24) is 10.6 Å². The van der Waals surface area contributed by atoms with Crippen molar-refractivity contribution in [2.24, 2.45) is 0 Å². The minimum absolute atomic E-state index is 0.764. The van der Waals surface area contributed by atoms with Gasteiger partial charge in [0.25, 0.3) is 0 Å². The molecular weight excluding hydrogens is 160 g/mol. The van der Waals surface area contributed by atoms with E-state index in [9.17, 15) is 0 Å². The molecule has 0 heterocycles. The van der Waals surface area contributed by atoms with Crippen molar-refractivity contribution in [1.29, 1.82) is 0 Å². The number of unbranched alkanes of at least 4 members (excludes halogenated alkanes) is 1. The van der Waals surface area contributed by atoms with Gasteiger partial charge in [0.2, 0.25) is 0 Å².